The van der Waals surface area contributed by atoms with Gasteiger partial charge < -0.3 is 19.7 Å². The molecule has 1 aliphatic heterocycles. The standard InChI is InChI=1S/C17H32N2O3/c1-6-13-10-15(13)18-12(2)9-14-11-21-8-7-19(14)16(20)22-17(3,4)5/h12-15,18H,6-11H2,1-5H3. The molecule has 0 aromatic rings. The monoisotopic (exact) mass is 312 g/mol. The lowest BCUT2D eigenvalue weighted by molar-refractivity contribution is -0.0356. The van der Waals surface area contributed by atoms with E-state index in [1.807, 2.05) is 25.7 Å². The number of rotatable bonds is 5. The van der Waals surface area contributed by atoms with Crippen LogP contribution in [0.1, 0.15) is 53.9 Å². The van der Waals surface area contributed by atoms with Crippen molar-refractivity contribution in [2.24, 2.45) is 5.92 Å². The molecular formula is C17H32N2O3. The lowest BCUT2D eigenvalue weighted by Crippen LogP contribution is -2.52. The highest BCUT2D eigenvalue weighted by Crippen LogP contribution is 2.33. The maximum absolute atomic E-state index is 12.4. The summed E-state index contributed by atoms with van der Waals surface area (Å²) >= 11 is 0. The van der Waals surface area contributed by atoms with Gasteiger partial charge in [0, 0.05) is 18.6 Å². The van der Waals surface area contributed by atoms with Gasteiger partial charge in [-0.3, -0.25) is 0 Å². The molecule has 2 rings (SSSR count). The maximum atomic E-state index is 12.4. The van der Waals surface area contributed by atoms with E-state index in [2.05, 4.69) is 19.2 Å². The average Bonchev–Trinajstić information content (AvgIpc) is 3.15. The molecule has 1 N–H and O–H groups in total. The van der Waals surface area contributed by atoms with Crippen molar-refractivity contribution in [3.05, 3.63) is 0 Å². The van der Waals surface area contributed by atoms with E-state index in [4.69, 9.17) is 9.47 Å². The van der Waals surface area contributed by atoms with Crippen molar-refractivity contribution in [3.63, 3.8) is 0 Å². The van der Waals surface area contributed by atoms with E-state index in [-0.39, 0.29) is 12.1 Å². The number of amides is 1. The minimum absolute atomic E-state index is 0.102. The van der Waals surface area contributed by atoms with Crippen molar-refractivity contribution in [2.75, 3.05) is 19.8 Å². The van der Waals surface area contributed by atoms with Crippen LogP contribution in [-0.4, -0.2) is 54.5 Å². The zero-order chi connectivity index (χ0) is 16.3. The topological polar surface area (TPSA) is 50.8 Å². The molecule has 0 aromatic carbocycles. The molecule has 0 radical (unpaired) electrons. The molecular weight excluding hydrogens is 280 g/mol. The maximum Gasteiger partial charge on any atom is 0.410 e. The van der Waals surface area contributed by atoms with Gasteiger partial charge in [-0.05, 0) is 46.5 Å². The number of hydrogen-bond acceptors (Lipinski definition) is 4. The van der Waals surface area contributed by atoms with Gasteiger partial charge in [0.15, 0.2) is 0 Å². The molecule has 4 atom stereocenters. The van der Waals surface area contributed by atoms with E-state index in [1.54, 1.807) is 0 Å². The Bertz CT molecular complexity index is 381. The molecule has 0 bridgehead atoms. The second-order valence-electron chi connectivity index (χ2n) is 7.72. The molecule has 1 saturated heterocycles. The molecule has 4 unspecified atom stereocenters. The minimum Gasteiger partial charge on any atom is -0.444 e. The molecule has 22 heavy (non-hydrogen) atoms. The Morgan fingerprint density at radius 1 is 1.45 bits per heavy atom. The average molecular weight is 312 g/mol. The first-order valence-corrected chi connectivity index (χ1v) is 8.63. The van der Waals surface area contributed by atoms with Crippen LogP contribution in [0.15, 0.2) is 0 Å². The van der Waals surface area contributed by atoms with Crippen LogP contribution in [0.3, 0.4) is 0 Å². The van der Waals surface area contributed by atoms with E-state index in [1.165, 1.54) is 12.8 Å². The summed E-state index contributed by atoms with van der Waals surface area (Å²) in [4.78, 5) is 14.2. The molecule has 0 spiro atoms. The Morgan fingerprint density at radius 3 is 2.77 bits per heavy atom. The van der Waals surface area contributed by atoms with Gasteiger partial charge in [0.1, 0.15) is 5.60 Å². The minimum atomic E-state index is -0.452. The van der Waals surface area contributed by atoms with Crippen molar-refractivity contribution in [3.8, 4) is 0 Å². The van der Waals surface area contributed by atoms with Crippen molar-refractivity contribution in [1.29, 1.82) is 0 Å². The summed E-state index contributed by atoms with van der Waals surface area (Å²) in [6.45, 7) is 12.0. The third kappa shape index (κ3) is 5.13. The Labute approximate surface area is 134 Å². The Hall–Kier alpha value is -0.810. The molecule has 1 aliphatic carbocycles. The fourth-order valence-electron chi connectivity index (χ4n) is 3.16. The first kappa shape index (κ1) is 17.5. The van der Waals surface area contributed by atoms with Crippen LogP contribution in [-0.2, 0) is 9.47 Å². The van der Waals surface area contributed by atoms with Crippen LogP contribution < -0.4 is 5.32 Å². The van der Waals surface area contributed by atoms with Crippen LogP contribution in [0.5, 0.6) is 0 Å². The highest BCUT2D eigenvalue weighted by molar-refractivity contribution is 5.68. The predicted octanol–water partition coefficient (Wildman–Crippen LogP) is 2.79. The van der Waals surface area contributed by atoms with Crippen LogP contribution in [0, 0.1) is 5.92 Å². The van der Waals surface area contributed by atoms with E-state index >= 15 is 0 Å². The van der Waals surface area contributed by atoms with E-state index < -0.39 is 5.60 Å². The summed E-state index contributed by atoms with van der Waals surface area (Å²) in [5.41, 5.74) is -0.452. The van der Waals surface area contributed by atoms with Gasteiger partial charge in [-0.15, -0.1) is 0 Å². The number of hydrogen-bond donors (Lipinski definition) is 1. The molecule has 0 aromatic heterocycles. The molecule has 1 heterocycles. The van der Waals surface area contributed by atoms with Crippen molar-refractivity contribution < 1.29 is 14.3 Å². The third-order valence-electron chi connectivity index (χ3n) is 4.43. The fourth-order valence-corrected chi connectivity index (χ4v) is 3.16. The highest BCUT2D eigenvalue weighted by Gasteiger charge is 2.37. The van der Waals surface area contributed by atoms with Gasteiger partial charge >= 0.3 is 6.09 Å². The van der Waals surface area contributed by atoms with Gasteiger partial charge in [-0.2, -0.15) is 0 Å². The Kier molecular flexibility index (Phi) is 5.72. The van der Waals surface area contributed by atoms with Gasteiger partial charge in [0.25, 0.3) is 0 Å². The second kappa shape index (κ2) is 7.18. The summed E-state index contributed by atoms with van der Waals surface area (Å²) in [6, 6.07) is 1.16. The third-order valence-corrected chi connectivity index (χ3v) is 4.43. The van der Waals surface area contributed by atoms with Crippen LogP contribution in [0.4, 0.5) is 4.79 Å². The van der Waals surface area contributed by atoms with E-state index in [0.717, 1.165) is 12.3 Å². The smallest absolute Gasteiger partial charge is 0.410 e. The van der Waals surface area contributed by atoms with Gasteiger partial charge in [0.05, 0.1) is 19.3 Å². The first-order valence-electron chi connectivity index (χ1n) is 8.63. The van der Waals surface area contributed by atoms with Crippen LogP contribution >= 0.6 is 0 Å². The zero-order valence-corrected chi connectivity index (χ0v) is 14.7. The summed E-state index contributed by atoms with van der Waals surface area (Å²) in [7, 11) is 0. The molecule has 1 amide bonds. The van der Waals surface area contributed by atoms with Crippen LogP contribution in [0.2, 0.25) is 0 Å². The highest BCUT2D eigenvalue weighted by atomic mass is 16.6. The predicted molar refractivity (Wildman–Crippen MR) is 86.9 cm³/mol. The fraction of sp³-hybridized carbons (Fsp3) is 0.941. The molecule has 128 valence electrons. The van der Waals surface area contributed by atoms with Gasteiger partial charge in [-0.1, -0.05) is 13.3 Å². The second-order valence-corrected chi connectivity index (χ2v) is 7.72. The summed E-state index contributed by atoms with van der Waals surface area (Å²) in [5, 5.41) is 3.68. The molecule has 1 saturated carbocycles. The van der Waals surface area contributed by atoms with E-state index in [9.17, 15) is 4.79 Å². The number of nitrogens with zero attached hydrogens (tertiary/aromatic N) is 1. The van der Waals surface area contributed by atoms with Gasteiger partial charge in [0.2, 0.25) is 0 Å². The molecule has 5 nitrogen and oxygen atoms in total. The number of morpholine rings is 1. The molecule has 5 heteroatoms. The molecule has 2 fully saturated rings. The largest absolute Gasteiger partial charge is 0.444 e. The van der Waals surface area contributed by atoms with Gasteiger partial charge in [-0.25, -0.2) is 4.79 Å². The van der Waals surface area contributed by atoms with Crippen molar-refractivity contribution >= 4 is 6.09 Å². The number of nitrogens with one attached hydrogen (secondary N) is 1. The number of carbonyl (C=O) groups is 1. The summed E-state index contributed by atoms with van der Waals surface area (Å²) in [6.07, 6.45) is 3.23. The first-order chi connectivity index (χ1) is 10.3. The van der Waals surface area contributed by atoms with Crippen LogP contribution in [0.25, 0.3) is 0 Å². The lowest BCUT2D eigenvalue weighted by atomic mass is 10.1. The normalized spacial score (nSPS) is 30.0. The summed E-state index contributed by atoms with van der Waals surface area (Å²) < 4.78 is 11.1. The lowest BCUT2D eigenvalue weighted by Gasteiger charge is -2.37. The van der Waals surface area contributed by atoms with Crippen molar-refractivity contribution in [1.82, 2.24) is 10.2 Å². The zero-order valence-electron chi connectivity index (χ0n) is 14.7. The van der Waals surface area contributed by atoms with E-state index in [0.29, 0.717) is 31.8 Å². The number of carbonyl (C=O) groups excluding carboxylic acids is 1. The Balaban J connectivity index is 1.85. The molecule has 2 aliphatic rings. The number of ether oxygens (including phenoxy) is 2. The quantitative estimate of drug-likeness (QED) is 0.848. The Morgan fingerprint density at radius 2 is 2.18 bits per heavy atom. The summed E-state index contributed by atoms with van der Waals surface area (Å²) in [5.74, 6) is 0.840. The van der Waals surface area contributed by atoms with Crippen molar-refractivity contribution in [2.45, 2.75) is 77.6 Å². The SMILES string of the molecule is CCC1CC1NC(C)CC1COCCN1C(=O)OC(C)(C)C.